The molecule has 0 bridgehead atoms. The number of carbonyl (C=O) groups is 1. The Hall–Kier alpha value is -3.45. The molecule has 7 nitrogen and oxygen atoms in total. The van der Waals surface area contributed by atoms with Gasteiger partial charge in [0.2, 0.25) is 0 Å². The van der Waals surface area contributed by atoms with Crippen molar-refractivity contribution < 1.29 is 9.53 Å². The van der Waals surface area contributed by atoms with Crippen LogP contribution in [0.5, 0.6) is 0 Å². The third-order valence-corrected chi connectivity index (χ3v) is 5.14. The zero-order valence-electron chi connectivity index (χ0n) is 17.2. The Labute approximate surface area is 173 Å². The van der Waals surface area contributed by atoms with Gasteiger partial charge in [-0.15, -0.1) is 0 Å². The van der Waals surface area contributed by atoms with E-state index in [0.717, 1.165) is 10.9 Å². The zero-order chi connectivity index (χ0) is 21.3. The van der Waals surface area contributed by atoms with Crippen molar-refractivity contribution >= 4 is 27.8 Å². The fourth-order valence-corrected chi connectivity index (χ4v) is 3.56. The summed E-state index contributed by atoms with van der Waals surface area (Å²) in [4.78, 5) is 38.0. The summed E-state index contributed by atoms with van der Waals surface area (Å²) < 4.78 is 5.13. The summed E-state index contributed by atoms with van der Waals surface area (Å²) in [5, 5.41) is 0.848. The minimum absolute atomic E-state index is 0.0478. The van der Waals surface area contributed by atoms with Crippen LogP contribution in [-0.4, -0.2) is 52.1 Å². The standard InChI is InChI=1S/C23H24N4O3/c1-14(2)27(10-11-30-3)23(29)15-8-9-17-16(12-15)13-20(24-17)21-22(28)26-19-7-5-4-6-18(19)25-21/h4-9,12-14,24H,10-11H2,1-3H3,(H,26,28). The molecule has 2 N–H and O–H groups in total. The molecule has 4 aromatic rings. The maximum atomic E-state index is 13.0. The quantitative estimate of drug-likeness (QED) is 0.514. The summed E-state index contributed by atoms with van der Waals surface area (Å²) in [6.45, 7) is 4.98. The van der Waals surface area contributed by atoms with E-state index in [2.05, 4.69) is 15.0 Å². The van der Waals surface area contributed by atoms with Crippen molar-refractivity contribution in [2.24, 2.45) is 0 Å². The Morgan fingerprint density at radius 1 is 1.10 bits per heavy atom. The molecule has 154 valence electrons. The molecule has 0 unspecified atom stereocenters. The van der Waals surface area contributed by atoms with Gasteiger partial charge in [-0.2, -0.15) is 0 Å². The average molecular weight is 404 g/mol. The number of aromatic amines is 2. The van der Waals surface area contributed by atoms with Crippen molar-refractivity contribution in [1.29, 1.82) is 0 Å². The summed E-state index contributed by atoms with van der Waals surface area (Å²) >= 11 is 0. The number of para-hydroxylation sites is 2. The first kappa shape index (κ1) is 19.8. The normalized spacial score (nSPS) is 11.5. The topological polar surface area (TPSA) is 91.1 Å². The monoisotopic (exact) mass is 404 g/mol. The molecule has 0 fully saturated rings. The molecule has 0 radical (unpaired) electrons. The molecule has 0 aliphatic heterocycles. The van der Waals surface area contributed by atoms with Crippen LogP contribution >= 0.6 is 0 Å². The highest BCUT2D eigenvalue weighted by molar-refractivity contribution is 5.99. The number of amides is 1. The van der Waals surface area contributed by atoms with Gasteiger partial charge in [0.05, 0.1) is 23.3 Å². The number of carbonyl (C=O) groups excluding carboxylic acids is 1. The van der Waals surface area contributed by atoms with E-state index >= 15 is 0 Å². The van der Waals surface area contributed by atoms with E-state index in [1.165, 1.54) is 0 Å². The molecule has 1 amide bonds. The molecule has 2 heterocycles. The third kappa shape index (κ3) is 3.71. The highest BCUT2D eigenvalue weighted by Crippen LogP contribution is 2.24. The molecule has 2 aromatic heterocycles. The molecule has 0 saturated heterocycles. The molecule has 0 aliphatic rings. The second-order valence-electron chi connectivity index (χ2n) is 7.50. The predicted molar refractivity (Wildman–Crippen MR) is 118 cm³/mol. The minimum Gasteiger partial charge on any atom is -0.383 e. The summed E-state index contributed by atoms with van der Waals surface area (Å²) in [5.41, 5.74) is 3.51. The number of nitrogens with zero attached hydrogens (tertiary/aromatic N) is 2. The van der Waals surface area contributed by atoms with Crippen LogP contribution in [0.3, 0.4) is 0 Å². The average Bonchev–Trinajstić information content (AvgIpc) is 3.16. The number of nitrogens with one attached hydrogen (secondary N) is 2. The smallest absolute Gasteiger partial charge is 0.276 e. The highest BCUT2D eigenvalue weighted by atomic mass is 16.5. The fraction of sp³-hybridized carbons (Fsp3) is 0.261. The Balaban J connectivity index is 1.72. The molecule has 2 aromatic carbocycles. The van der Waals surface area contributed by atoms with Gasteiger partial charge in [-0.05, 0) is 50.2 Å². The number of benzene rings is 2. The van der Waals surface area contributed by atoms with Gasteiger partial charge >= 0.3 is 0 Å². The third-order valence-electron chi connectivity index (χ3n) is 5.14. The lowest BCUT2D eigenvalue weighted by molar-refractivity contribution is 0.0635. The van der Waals surface area contributed by atoms with Crippen LogP contribution in [0.1, 0.15) is 24.2 Å². The van der Waals surface area contributed by atoms with Crippen molar-refractivity contribution in [3.63, 3.8) is 0 Å². The Kier molecular flexibility index (Phi) is 5.37. The van der Waals surface area contributed by atoms with Crippen molar-refractivity contribution in [3.8, 4) is 11.4 Å². The van der Waals surface area contributed by atoms with Crippen molar-refractivity contribution in [2.45, 2.75) is 19.9 Å². The number of H-pyrrole nitrogens is 2. The molecule has 30 heavy (non-hydrogen) atoms. The van der Waals surface area contributed by atoms with E-state index in [9.17, 15) is 9.59 Å². The van der Waals surface area contributed by atoms with Crippen LogP contribution in [0.25, 0.3) is 33.3 Å². The second-order valence-corrected chi connectivity index (χ2v) is 7.50. The van der Waals surface area contributed by atoms with Gasteiger partial charge in [0, 0.05) is 36.2 Å². The SMILES string of the molecule is COCCN(C(=O)c1ccc2[nH]c(-c3nc4ccccc4[nH]c3=O)cc2c1)C(C)C. The summed E-state index contributed by atoms with van der Waals surface area (Å²) in [7, 11) is 1.62. The molecule has 0 saturated carbocycles. The molecule has 0 atom stereocenters. The molecule has 0 aliphatic carbocycles. The van der Waals surface area contributed by atoms with Gasteiger partial charge in [-0.1, -0.05) is 12.1 Å². The maximum absolute atomic E-state index is 13.0. The molecular weight excluding hydrogens is 380 g/mol. The van der Waals surface area contributed by atoms with E-state index in [0.29, 0.717) is 41.1 Å². The Morgan fingerprint density at radius 3 is 2.67 bits per heavy atom. The van der Waals surface area contributed by atoms with Gasteiger partial charge in [-0.25, -0.2) is 4.98 Å². The van der Waals surface area contributed by atoms with Crippen LogP contribution in [0, 0.1) is 0 Å². The van der Waals surface area contributed by atoms with Crippen LogP contribution in [0.2, 0.25) is 0 Å². The number of methoxy groups -OCH3 is 1. The second kappa shape index (κ2) is 8.12. The van der Waals surface area contributed by atoms with E-state index in [-0.39, 0.29) is 17.5 Å². The van der Waals surface area contributed by atoms with Crippen molar-refractivity contribution in [3.05, 3.63) is 64.4 Å². The van der Waals surface area contributed by atoms with E-state index in [1.807, 2.05) is 56.3 Å². The van der Waals surface area contributed by atoms with Gasteiger partial charge in [0.25, 0.3) is 11.5 Å². The Bertz CT molecular complexity index is 1270. The van der Waals surface area contributed by atoms with Crippen molar-refractivity contribution in [1.82, 2.24) is 19.9 Å². The Morgan fingerprint density at radius 2 is 1.90 bits per heavy atom. The zero-order valence-corrected chi connectivity index (χ0v) is 17.2. The molecule has 0 spiro atoms. The highest BCUT2D eigenvalue weighted by Gasteiger charge is 2.19. The summed E-state index contributed by atoms with van der Waals surface area (Å²) in [5.74, 6) is -0.0478. The first-order valence-electron chi connectivity index (χ1n) is 9.90. The first-order chi connectivity index (χ1) is 14.5. The number of hydrogen-bond acceptors (Lipinski definition) is 4. The van der Waals surface area contributed by atoms with E-state index in [4.69, 9.17) is 4.74 Å². The minimum atomic E-state index is -0.262. The number of hydrogen-bond donors (Lipinski definition) is 2. The number of rotatable bonds is 6. The molecule has 7 heteroatoms. The lowest BCUT2D eigenvalue weighted by Crippen LogP contribution is -2.39. The van der Waals surface area contributed by atoms with Gasteiger partial charge in [-0.3, -0.25) is 9.59 Å². The van der Waals surface area contributed by atoms with Crippen LogP contribution in [-0.2, 0) is 4.74 Å². The fourth-order valence-electron chi connectivity index (χ4n) is 3.56. The molecule has 4 rings (SSSR count). The number of fused-ring (bicyclic) bond motifs is 2. The van der Waals surface area contributed by atoms with E-state index < -0.39 is 0 Å². The maximum Gasteiger partial charge on any atom is 0.276 e. The molecular formula is C23H24N4O3. The van der Waals surface area contributed by atoms with Crippen molar-refractivity contribution in [2.75, 3.05) is 20.3 Å². The van der Waals surface area contributed by atoms with Crippen LogP contribution < -0.4 is 5.56 Å². The predicted octanol–water partition coefficient (Wildman–Crippen LogP) is 3.57. The lowest BCUT2D eigenvalue weighted by atomic mass is 10.1. The van der Waals surface area contributed by atoms with Gasteiger partial charge in [0.15, 0.2) is 5.69 Å². The lowest BCUT2D eigenvalue weighted by Gasteiger charge is -2.26. The van der Waals surface area contributed by atoms with E-state index in [1.54, 1.807) is 18.1 Å². The van der Waals surface area contributed by atoms with Crippen LogP contribution in [0.15, 0.2) is 53.3 Å². The summed E-state index contributed by atoms with van der Waals surface area (Å²) in [6, 6.07) is 14.8. The summed E-state index contributed by atoms with van der Waals surface area (Å²) in [6.07, 6.45) is 0. The van der Waals surface area contributed by atoms with Gasteiger partial charge < -0.3 is 19.6 Å². The van der Waals surface area contributed by atoms with Gasteiger partial charge in [0.1, 0.15) is 0 Å². The number of ether oxygens (including phenoxy) is 1. The largest absolute Gasteiger partial charge is 0.383 e. The first-order valence-corrected chi connectivity index (χ1v) is 9.90. The van der Waals surface area contributed by atoms with Crippen LogP contribution in [0.4, 0.5) is 0 Å². The number of aromatic nitrogens is 3.